The van der Waals surface area contributed by atoms with Gasteiger partial charge >= 0.3 is 0 Å². The molecule has 1 unspecified atom stereocenters. The number of hydrogen-bond acceptors (Lipinski definition) is 3. The van der Waals surface area contributed by atoms with Crippen LogP contribution in [0.25, 0.3) is 0 Å². The highest BCUT2D eigenvalue weighted by Gasteiger charge is 2.56. The third kappa shape index (κ3) is 3.96. The van der Waals surface area contributed by atoms with E-state index in [0.29, 0.717) is 5.92 Å². The van der Waals surface area contributed by atoms with Gasteiger partial charge in [-0.15, -0.1) is 0 Å². The van der Waals surface area contributed by atoms with E-state index in [1.54, 1.807) is 0 Å². The van der Waals surface area contributed by atoms with Crippen molar-refractivity contribution in [3.05, 3.63) is 35.9 Å². The van der Waals surface area contributed by atoms with Gasteiger partial charge in [0, 0.05) is 51.2 Å². The van der Waals surface area contributed by atoms with Gasteiger partial charge in [0.05, 0.1) is 5.92 Å². The zero-order chi connectivity index (χ0) is 18.1. The van der Waals surface area contributed by atoms with E-state index in [-0.39, 0.29) is 17.2 Å². The smallest absolute Gasteiger partial charge is 0.225 e. The minimum atomic E-state index is 0.139. The molecule has 1 aliphatic carbocycles. The maximum Gasteiger partial charge on any atom is 0.225 e. The van der Waals surface area contributed by atoms with Crippen LogP contribution in [-0.4, -0.2) is 55.0 Å². The van der Waals surface area contributed by atoms with Crippen molar-refractivity contribution in [2.75, 3.05) is 39.3 Å². The van der Waals surface area contributed by atoms with E-state index in [2.05, 4.69) is 59.3 Å². The van der Waals surface area contributed by atoms with Crippen molar-refractivity contribution >= 4 is 5.91 Å². The van der Waals surface area contributed by atoms with Crippen molar-refractivity contribution in [1.29, 1.82) is 0 Å². The Morgan fingerprint density at radius 1 is 1.15 bits per heavy atom. The number of amides is 1. The Kier molecular flexibility index (Phi) is 5.07. The van der Waals surface area contributed by atoms with Crippen LogP contribution >= 0.6 is 0 Å². The van der Waals surface area contributed by atoms with Crippen molar-refractivity contribution in [3.8, 4) is 0 Å². The summed E-state index contributed by atoms with van der Waals surface area (Å²) in [5.74, 6) is 1.85. The molecule has 1 aromatic carbocycles. The van der Waals surface area contributed by atoms with Crippen molar-refractivity contribution in [1.82, 2.24) is 15.1 Å². The number of hydrogen-bond donors (Lipinski definition) is 1. The Balaban J connectivity index is 1.41. The zero-order valence-electron chi connectivity index (χ0n) is 16.3. The van der Waals surface area contributed by atoms with Gasteiger partial charge in [-0.2, -0.15) is 0 Å². The molecular formula is C22H33N3O. The summed E-state index contributed by atoms with van der Waals surface area (Å²) in [4.78, 5) is 18.0. The van der Waals surface area contributed by atoms with Gasteiger partial charge in [0.25, 0.3) is 0 Å². The van der Waals surface area contributed by atoms with Gasteiger partial charge in [0.1, 0.15) is 0 Å². The molecule has 1 aromatic rings. The molecule has 4 rings (SSSR count). The standard InChI is InChI=1S/C22H33N3O/c1-17(2)10-23-21(26)20-13-24(11-18-6-4-3-5-7-18)14-22(20)15-25(16-22)12-19-8-9-19/h3-7,17,19-20H,8-16H2,1-2H3,(H,23,26). The highest BCUT2D eigenvalue weighted by molar-refractivity contribution is 5.80. The number of likely N-dealkylation sites (tertiary alicyclic amines) is 2. The summed E-state index contributed by atoms with van der Waals surface area (Å²) in [6, 6.07) is 10.7. The summed E-state index contributed by atoms with van der Waals surface area (Å²) in [5, 5.41) is 3.22. The van der Waals surface area contributed by atoms with Crippen LogP contribution in [-0.2, 0) is 11.3 Å². The van der Waals surface area contributed by atoms with E-state index in [1.807, 2.05) is 0 Å². The molecule has 4 nitrogen and oxygen atoms in total. The third-order valence-electron chi connectivity index (χ3n) is 6.26. The number of benzene rings is 1. The third-order valence-corrected chi connectivity index (χ3v) is 6.26. The predicted octanol–water partition coefficient (Wildman–Crippen LogP) is 2.60. The summed E-state index contributed by atoms with van der Waals surface area (Å²) in [5.41, 5.74) is 1.52. The fourth-order valence-electron chi connectivity index (χ4n) is 4.78. The van der Waals surface area contributed by atoms with E-state index in [4.69, 9.17) is 0 Å². The maximum absolute atomic E-state index is 12.9. The summed E-state index contributed by atoms with van der Waals surface area (Å²) in [7, 11) is 0. The lowest BCUT2D eigenvalue weighted by Gasteiger charge is -2.51. The summed E-state index contributed by atoms with van der Waals surface area (Å²) in [6.07, 6.45) is 2.81. The molecule has 2 aliphatic heterocycles. The van der Waals surface area contributed by atoms with Crippen molar-refractivity contribution in [3.63, 3.8) is 0 Å². The van der Waals surface area contributed by atoms with Crippen LogP contribution in [0, 0.1) is 23.2 Å². The van der Waals surface area contributed by atoms with Crippen LogP contribution in [0.15, 0.2) is 30.3 Å². The Morgan fingerprint density at radius 2 is 1.85 bits per heavy atom. The highest BCUT2D eigenvalue weighted by Crippen LogP contribution is 2.46. The van der Waals surface area contributed by atoms with Crippen molar-refractivity contribution in [2.45, 2.75) is 33.2 Å². The van der Waals surface area contributed by atoms with Crippen LogP contribution in [0.4, 0.5) is 0 Å². The molecule has 26 heavy (non-hydrogen) atoms. The Labute approximate surface area is 157 Å². The quantitative estimate of drug-likeness (QED) is 0.817. The summed E-state index contributed by atoms with van der Waals surface area (Å²) < 4.78 is 0. The van der Waals surface area contributed by atoms with Crippen LogP contribution in [0.1, 0.15) is 32.3 Å². The molecule has 0 aromatic heterocycles. The first-order valence-electron chi connectivity index (χ1n) is 10.3. The van der Waals surface area contributed by atoms with Crippen LogP contribution < -0.4 is 5.32 Å². The molecule has 1 spiro atoms. The second-order valence-corrected chi connectivity index (χ2v) is 9.32. The first-order chi connectivity index (χ1) is 12.5. The minimum absolute atomic E-state index is 0.139. The van der Waals surface area contributed by atoms with Crippen LogP contribution in [0.5, 0.6) is 0 Å². The fourth-order valence-corrected chi connectivity index (χ4v) is 4.78. The topological polar surface area (TPSA) is 35.6 Å². The summed E-state index contributed by atoms with van der Waals surface area (Å²) in [6.45, 7) is 11.5. The molecule has 1 N–H and O–H groups in total. The Hall–Kier alpha value is -1.39. The maximum atomic E-state index is 12.9. The number of rotatable bonds is 7. The average Bonchev–Trinajstić information content (AvgIpc) is 3.32. The van der Waals surface area contributed by atoms with Gasteiger partial charge in [-0.05, 0) is 30.2 Å². The lowest BCUT2D eigenvalue weighted by atomic mass is 9.71. The molecule has 142 valence electrons. The molecule has 0 bridgehead atoms. The molecule has 3 fully saturated rings. The molecule has 2 heterocycles. The molecule has 3 aliphatic rings. The van der Waals surface area contributed by atoms with Gasteiger partial charge in [0.2, 0.25) is 5.91 Å². The number of nitrogens with zero attached hydrogens (tertiary/aromatic N) is 2. The number of nitrogens with one attached hydrogen (secondary N) is 1. The van der Waals surface area contributed by atoms with Crippen molar-refractivity contribution in [2.24, 2.45) is 23.2 Å². The van der Waals surface area contributed by atoms with E-state index in [1.165, 1.54) is 24.9 Å². The van der Waals surface area contributed by atoms with E-state index >= 15 is 0 Å². The minimum Gasteiger partial charge on any atom is -0.356 e. The molecule has 2 saturated heterocycles. The monoisotopic (exact) mass is 355 g/mol. The lowest BCUT2D eigenvalue weighted by molar-refractivity contribution is -0.132. The molecule has 1 atom stereocenters. The number of carbonyl (C=O) groups is 1. The molecule has 1 amide bonds. The van der Waals surface area contributed by atoms with Gasteiger partial charge < -0.3 is 10.2 Å². The Bertz CT molecular complexity index is 620. The second-order valence-electron chi connectivity index (χ2n) is 9.32. The van der Waals surface area contributed by atoms with Crippen LogP contribution in [0.3, 0.4) is 0 Å². The summed E-state index contributed by atoms with van der Waals surface area (Å²) >= 11 is 0. The largest absolute Gasteiger partial charge is 0.356 e. The zero-order valence-corrected chi connectivity index (χ0v) is 16.3. The first kappa shape index (κ1) is 18.0. The highest BCUT2D eigenvalue weighted by atomic mass is 16.2. The van der Waals surface area contributed by atoms with Gasteiger partial charge in [-0.1, -0.05) is 44.2 Å². The fraction of sp³-hybridized carbons (Fsp3) is 0.682. The van der Waals surface area contributed by atoms with Gasteiger partial charge in [0.15, 0.2) is 0 Å². The van der Waals surface area contributed by atoms with E-state index in [0.717, 1.165) is 45.2 Å². The lowest BCUT2D eigenvalue weighted by Crippen LogP contribution is -2.62. The van der Waals surface area contributed by atoms with E-state index < -0.39 is 0 Å². The van der Waals surface area contributed by atoms with Gasteiger partial charge in [-0.25, -0.2) is 0 Å². The molecule has 4 heteroatoms. The van der Waals surface area contributed by atoms with Crippen molar-refractivity contribution < 1.29 is 4.79 Å². The van der Waals surface area contributed by atoms with Crippen LogP contribution in [0.2, 0.25) is 0 Å². The SMILES string of the molecule is CC(C)CNC(=O)C1CN(Cc2ccccc2)CC12CN(CC1CC1)C2. The molecule has 0 radical (unpaired) electrons. The average molecular weight is 356 g/mol. The molecule has 1 saturated carbocycles. The van der Waals surface area contributed by atoms with Gasteiger partial charge in [-0.3, -0.25) is 9.69 Å². The normalized spacial score (nSPS) is 25.6. The van der Waals surface area contributed by atoms with E-state index in [9.17, 15) is 4.79 Å². The first-order valence-corrected chi connectivity index (χ1v) is 10.3. The second kappa shape index (κ2) is 7.32. The Morgan fingerprint density at radius 3 is 2.50 bits per heavy atom. The molecular weight excluding hydrogens is 322 g/mol. The number of carbonyl (C=O) groups excluding carboxylic acids is 1. The predicted molar refractivity (Wildman–Crippen MR) is 105 cm³/mol.